The molecule has 4 aromatic rings. The average molecular weight is 469 g/mol. The summed E-state index contributed by atoms with van der Waals surface area (Å²) >= 11 is 0. The molecule has 0 aliphatic heterocycles. The third-order valence-corrected chi connectivity index (χ3v) is 7.21. The molecule has 1 fully saturated rings. The Kier molecular flexibility index (Phi) is 6.77. The first-order chi connectivity index (χ1) is 17.1. The van der Waals surface area contributed by atoms with Crippen molar-refractivity contribution in [3.05, 3.63) is 78.1 Å². The second-order valence-corrected chi connectivity index (χ2v) is 9.54. The third kappa shape index (κ3) is 5.20. The largest absolute Gasteiger partial charge is 0.382 e. The highest BCUT2D eigenvalue weighted by Crippen LogP contribution is 2.30. The molecule has 1 saturated carbocycles. The highest BCUT2D eigenvalue weighted by Gasteiger charge is 2.28. The van der Waals surface area contributed by atoms with Crippen molar-refractivity contribution in [3.63, 3.8) is 0 Å². The normalized spacial score (nSPS) is 18.9. The fraction of sp³-hybridized carbons (Fsp3) is 0.321. The van der Waals surface area contributed by atoms with Gasteiger partial charge in [-0.25, -0.2) is 0 Å². The molecule has 0 saturated heterocycles. The molecule has 7 nitrogen and oxygen atoms in total. The predicted octanol–water partition coefficient (Wildman–Crippen LogP) is 4.37. The molecule has 2 aromatic heterocycles. The second kappa shape index (κ2) is 10.3. The van der Waals surface area contributed by atoms with Crippen molar-refractivity contribution >= 4 is 22.6 Å². The number of nitrogens with zero attached hydrogens (tertiary/aromatic N) is 2. The summed E-state index contributed by atoms with van der Waals surface area (Å²) in [6.07, 6.45) is 6.32. The molecule has 0 bridgehead atoms. The number of nitrogen functional groups attached to an aromatic ring is 1. The molecule has 2 aromatic carbocycles. The quantitative estimate of drug-likeness (QED) is 0.321. The van der Waals surface area contributed by atoms with Crippen molar-refractivity contribution in [2.75, 3.05) is 12.3 Å². The van der Waals surface area contributed by atoms with Crippen LogP contribution in [-0.4, -0.2) is 27.6 Å². The standard InChI is InChI=1S/C28H32N6O/c29-17-19-6-8-20(9-7-19)28(35)32-26(14-18-4-2-1-3-5-18)25-16-22(12-13-31-25)21-10-11-23-24(15-21)33-34-27(23)30/h1-5,10-13,15-16,19-20,26H,6-9,14,17,29H2,(H,32,35)(H3,30,33,34)/t19?,20?,26-/m0/s1. The van der Waals surface area contributed by atoms with Crippen LogP contribution in [0.5, 0.6) is 0 Å². The number of aromatic amines is 1. The molecule has 0 radical (unpaired) electrons. The Balaban J connectivity index is 1.41. The van der Waals surface area contributed by atoms with Crippen LogP contribution in [0.2, 0.25) is 0 Å². The Morgan fingerprint density at radius 3 is 2.57 bits per heavy atom. The first-order valence-corrected chi connectivity index (χ1v) is 12.3. The van der Waals surface area contributed by atoms with Crippen LogP contribution in [0.1, 0.15) is 43.0 Å². The monoisotopic (exact) mass is 468 g/mol. The summed E-state index contributed by atoms with van der Waals surface area (Å²) < 4.78 is 0. The van der Waals surface area contributed by atoms with Gasteiger partial charge in [0.2, 0.25) is 5.91 Å². The minimum atomic E-state index is -0.219. The van der Waals surface area contributed by atoms with E-state index in [2.05, 4.69) is 38.7 Å². The van der Waals surface area contributed by atoms with Gasteiger partial charge in [-0.05, 0) is 85.5 Å². The van der Waals surface area contributed by atoms with Gasteiger partial charge in [-0.3, -0.25) is 14.9 Å². The van der Waals surface area contributed by atoms with Crippen molar-refractivity contribution < 1.29 is 4.79 Å². The van der Waals surface area contributed by atoms with E-state index in [0.717, 1.165) is 59.0 Å². The number of hydrogen-bond acceptors (Lipinski definition) is 5. The number of nitrogens with two attached hydrogens (primary N) is 2. The number of carbonyl (C=O) groups is 1. The zero-order chi connectivity index (χ0) is 24.2. The van der Waals surface area contributed by atoms with Crippen molar-refractivity contribution in [2.24, 2.45) is 17.6 Å². The summed E-state index contributed by atoms with van der Waals surface area (Å²) in [5.41, 5.74) is 16.7. The summed E-state index contributed by atoms with van der Waals surface area (Å²) in [4.78, 5) is 18.0. The van der Waals surface area contributed by atoms with E-state index in [4.69, 9.17) is 11.5 Å². The number of aromatic nitrogens is 3. The third-order valence-electron chi connectivity index (χ3n) is 7.21. The lowest BCUT2D eigenvalue weighted by Crippen LogP contribution is -2.37. The molecule has 1 amide bonds. The van der Waals surface area contributed by atoms with Crippen LogP contribution in [0.25, 0.3) is 22.0 Å². The minimum Gasteiger partial charge on any atom is -0.382 e. The smallest absolute Gasteiger partial charge is 0.223 e. The minimum absolute atomic E-state index is 0.0347. The number of fused-ring (bicyclic) bond motifs is 1. The van der Waals surface area contributed by atoms with E-state index in [0.29, 0.717) is 24.7 Å². The highest BCUT2D eigenvalue weighted by molar-refractivity contribution is 5.91. The van der Waals surface area contributed by atoms with Crippen LogP contribution >= 0.6 is 0 Å². The molecule has 2 heterocycles. The zero-order valence-corrected chi connectivity index (χ0v) is 19.8. The van der Waals surface area contributed by atoms with Crippen LogP contribution in [0, 0.1) is 11.8 Å². The van der Waals surface area contributed by atoms with Gasteiger partial charge < -0.3 is 16.8 Å². The Morgan fingerprint density at radius 2 is 1.80 bits per heavy atom. The van der Waals surface area contributed by atoms with Crippen LogP contribution in [0.15, 0.2) is 66.9 Å². The molecule has 5 rings (SSSR count). The van der Waals surface area contributed by atoms with E-state index >= 15 is 0 Å². The summed E-state index contributed by atoms with van der Waals surface area (Å²) in [7, 11) is 0. The molecular weight excluding hydrogens is 436 g/mol. The van der Waals surface area contributed by atoms with Gasteiger partial charge in [0, 0.05) is 17.5 Å². The number of pyridine rings is 1. The van der Waals surface area contributed by atoms with Crippen LogP contribution in [0.3, 0.4) is 0 Å². The lowest BCUT2D eigenvalue weighted by Gasteiger charge is -2.28. The summed E-state index contributed by atoms with van der Waals surface area (Å²) in [5.74, 6) is 1.18. The fourth-order valence-corrected chi connectivity index (χ4v) is 5.07. The number of nitrogens with one attached hydrogen (secondary N) is 2. The van der Waals surface area contributed by atoms with Gasteiger partial charge in [0.15, 0.2) is 5.82 Å². The molecule has 0 unspecified atom stereocenters. The first kappa shape index (κ1) is 23.1. The number of benzene rings is 2. The first-order valence-electron chi connectivity index (χ1n) is 12.3. The van der Waals surface area contributed by atoms with Crippen molar-refractivity contribution in [1.82, 2.24) is 20.5 Å². The predicted molar refractivity (Wildman–Crippen MR) is 139 cm³/mol. The van der Waals surface area contributed by atoms with Gasteiger partial charge in [-0.1, -0.05) is 36.4 Å². The Morgan fingerprint density at radius 1 is 1.03 bits per heavy atom. The Labute approximate surface area is 205 Å². The van der Waals surface area contributed by atoms with Crippen LogP contribution < -0.4 is 16.8 Å². The van der Waals surface area contributed by atoms with Gasteiger partial charge >= 0.3 is 0 Å². The van der Waals surface area contributed by atoms with E-state index in [9.17, 15) is 4.79 Å². The van der Waals surface area contributed by atoms with Crippen LogP contribution in [-0.2, 0) is 11.2 Å². The summed E-state index contributed by atoms with van der Waals surface area (Å²) in [5, 5.41) is 11.3. The van der Waals surface area contributed by atoms with Crippen LogP contribution in [0.4, 0.5) is 5.82 Å². The van der Waals surface area contributed by atoms with E-state index in [-0.39, 0.29) is 17.9 Å². The Bertz CT molecular complexity index is 1290. The van der Waals surface area contributed by atoms with E-state index in [1.807, 2.05) is 48.7 Å². The van der Waals surface area contributed by atoms with Gasteiger partial charge in [0.1, 0.15) is 0 Å². The number of H-pyrrole nitrogens is 1. The maximum absolute atomic E-state index is 13.3. The van der Waals surface area contributed by atoms with Gasteiger partial charge in [-0.2, -0.15) is 5.10 Å². The second-order valence-electron chi connectivity index (χ2n) is 9.54. The average Bonchev–Trinajstić information content (AvgIpc) is 3.29. The Hall–Kier alpha value is -3.71. The number of anilines is 1. The van der Waals surface area contributed by atoms with Crippen molar-refractivity contribution in [2.45, 2.75) is 38.1 Å². The van der Waals surface area contributed by atoms with Gasteiger partial charge in [-0.15, -0.1) is 0 Å². The van der Waals surface area contributed by atoms with Gasteiger partial charge in [0.05, 0.1) is 17.3 Å². The van der Waals surface area contributed by atoms with E-state index in [1.165, 1.54) is 0 Å². The van der Waals surface area contributed by atoms with Crippen molar-refractivity contribution in [3.8, 4) is 11.1 Å². The number of hydrogen-bond donors (Lipinski definition) is 4. The molecule has 0 spiro atoms. The lowest BCUT2D eigenvalue weighted by molar-refractivity contribution is -0.127. The maximum Gasteiger partial charge on any atom is 0.223 e. The summed E-state index contributed by atoms with van der Waals surface area (Å²) in [6.45, 7) is 0.707. The lowest BCUT2D eigenvalue weighted by atomic mass is 9.81. The maximum atomic E-state index is 13.3. The van der Waals surface area contributed by atoms with E-state index < -0.39 is 0 Å². The molecular formula is C28H32N6O. The molecule has 1 aliphatic rings. The molecule has 1 aliphatic carbocycles. The van der Waals surface area contributed by atoms with Gasteiger partial charge in [0.25, 0.3) is 0 Å². The topological polar surface area (TPSA) is 123 Å². The number of carbonyl (C=O) groups excluding carboxylic acids is 1. The highest BCUT2D eigenvalue weighted by atomic mass is 16.1. The molecule has 7 heteroatoms. The molecule has 1 atom stereocenters. The van der Waals surface area contributed by atoms with Crippen molar-refractivity contribution in [1.29, 1.82) is 0 Å². The number of rotatable bonds is 7. The molecule has 180 valence electrons. The SMILES string of the molecule is NCC1CCC(C(=O)N[C@@H](Cc2ccccc2)c2cc(-c3ccc4c(N)n[nH]c4c3)ccn2)CC1. The number of amides is 1. The van der Waals surface area contributed by atoms with E-state index in [1.54, 1.807) is 0 Å². The molecule has 35 heavy (non-hydrogen) atoms. The zero-order valence-electron chi connectivity index (χ0n) is 19.8. The fourth-order valence-electron chi connectivity index (χ4n) is 5.07. The molecule has 6 N–H and O–H groups in total. The summed E-state index contributed by atoms with van der Waals surface area (Å²) in [6, 6.07) is 20.1.